The van der Waals surface area contributed by atoms with Crippen LogP contribution in [0.15, 0.2) is 0 Å². The van der Waals surface area contributed by atoms with E-state index in [-0.39, 0.29) is 5.91 Å². The van der Waals surface area contributed by atoms with E-state index in [1.165, 1.54) is 32.1 Å². The molecule has 4 saturated carbocycles. The monoisotopic (exact) mass is 280 g/mol. The Bertz CT molecular complexity index is 330. The van der Waals surface area contributed by atoms with E-state index in [1.54, 1.807) is 7.11 Å². The highest BCUT2D eigenvalue weighted by atomic mass is 16.5. The summed E-state index contributed by atoms with van der Waals surface area (Å²) in [7, 11) is 3.71. The van der Waals surface area contributed by atoms with Gasteiger partial charge in [0.15, 0.2) is 0 Å². The van der Waals surface area contributed by atoms with Gasteiger partial charge < -0.3 is 15.0 Å². The fraction of sp³-hybridized carbons (Fsp3) is 0.938. The van der Waals surface area contributed by atoms with Gasteiger partial charge in [-0.05, 0) is 55.8 Å². The summed E-state index contributed by atoms with van der Waals surface area (Å²) in [6, 6.07) is 0.513. The topological polar surface area (TPSA) is 41.6 Å². The van der Waals surface area contributed by atoms with E-state index >= 15 is 0 Å². The zero-order valence-electron chi connectivity index (χ0n) is 12.8. The molecule has 4 aliphatic carbocycles. The van der Waals surface area contributed by atoms with Crippen LogP contribution in [0.1, 0.15) is 32.1 Å². The van der Waals surface area contributed by atoms with Crippen molar-refractivity contribution in [2.45, 2.75) is 38.1 Å². The number of nitrogens with zero attached hydrogens (tertiary/aromatic N) is 1. The predicted octanol–water partition coefficient (Wildman–Crippen LogP) is 1.51. The summed E-state index contributed by atoms with van der Waals surface area (Å²) < 4.78 is 4.99. The third-order valence-corrected chi connectivity index (χ3v) is 5.78. The van der Waals surface area contributed by atoms with Gasteiger partial charge in [0, 0.05) is 26.7 Å². The second-order valence-electron chi connectivity index (χ2n) is 7.10. The Morgan fingerprint density at radius 2 is 1.75 bits per heavy atom. The second-order valence-corrected chi connectivity index (χ2v) is 7.10. The SMILES string of the molecule is COCCNCC(=O)N(C)C1C2CC3CC(C2)CC1C3. The van der Waals surface area contributed by atoms with Gasteiger partial charge in [-0.15, -0.1) is 0 Å². The van der Waals surface area contributed by atoms with E-state index in [2.05, 4.69) is 10.2 Å². The Labute approximate surface area is 122 Å². The molecule has 0 atom stereocenters. The minimum absolute atomic E-state index is 0.249. The van der Waals surface area contributed by atoms with Crippen LogP contribution in [0.2, 0.25) is 0 Å². The molecule has 0 aromatic carbocycles. The molecule has 0 aliphatic heterocycles. The largest absolute Gasteiger partial charge is 0.383 e. The summed E-state index contributed by atoms with van der Waals surface area (Å²) in [4.78, 5) is 14.4. The molecule has 0 heterocycles. The first-order valence-corrected chi connectivity index (χ1v) is 8.14. The van der Waals surface area contributed by atoms with Gasteiger partial charge in [0.2, 0.25) is 5.91 Å². The first kappa shape index (κ1) is 14.3. The number of rotatable bonds is 6. The lowest BCUT2D eigenvalue weighted by atomic mass is 9.54. The Kier molecular flexibility index (Phi) is 4.32. The van der Waals surface area contributed by atoms with Crippen LogP contribution in [-0.4, -0.2) is 50.7 Å². The Hall–Kier alpha value is -0.610. The van der Waals surface area contributed by atoms with E-state index in [1.807, 2.05) is 7.05 Å². The number of carbonyl (C=O) groups excluding carboxylic acids is 1. The molecule has 0 spiro atoms. The highest BCUT2D eigenvalue weighted by Crippen LogP contribution is 2.54. The number of hydrogen-bond donors (Lipinski definition) is 1. The van der Waals surface area contributed by atoms with Crippen molar-refractivity contribution in [1.29, 1.82) is 0 Å². The zero-order valence-corrected chi connectivity index (χ0v) is 12.8. The molecule has 114 valence electrons. The van der Waals surface area contributed by atoms with Crippen LogP contribution < -0.4 is 5.32 Å². The van der Waals surface area contributed by atoms with Crippen LogP contribution in [-0.2, 0) is 9.53 Å². The first-order valence-electron chi connectivity index (χ1n) is 8.14. The molecule has 4 rings (SSSR count). The van der Waals surface area contributed by atoms with E-state index in [9.17, 15) is 4.79 Å². The fourth-order valence-corrected chi connectivity index (χ4v) is 5.19. The van der Waals surface area contributed by atoms with E-state index in [0.717, 1.165) is 30.2 Å². The predicted molar refractivity (Wildman–Crippen MR) is 78.3 cm³/mol. The van der Waals surface area contributed by atoms with Crippen LogP contribution in [0.5, 0.6) is 0 Å². The van der Waals surface area contributed by atoms with Crippen LogP contribution in [0.4, 0.5) is 0 Å². The zero-order chi connectivity index (χ0) is 14.1. The quantitative estimate of drug-likeness (QED) is 0.750. The number of hydrogen-bond acceptors (Lipinski definition) is 3. The highest BCUT2D eigenvalue weighted by molar-refractivity contribution is 5.78. The summed E-state index contributed by atoms with van der Waals surface area (Å²) >= 11 is 0. The number of likely N-dealkylation sites (N-methyl/N-ethyl adjacent to an activating group) is 1. The van der Waals surface area contributed by atoms with Crippen molar-refractivity contribution in [2.75, 3.05) is 33.9 Å². The van der Waals surface area contributed by atoms with Gasteiger partial charge in [-0.1, -0.05) is 0 Å². The van der Waals surface area contributed by atoms with Crippen molar-refractivity contribution in [2.24, 2.45) is 23.7 Å². The maximum atomic E-state index is 12.4. The standard InChI is InChI=1S/C16H28N2O2/c1-18(15(19)10-17-3-4-20-2)16-13-6-11-5-12(8-13)9-14(16)7-11/h11-14,16-17H,3-10H2,1-2H3. The molecule has 4 nitrogen and oxygen atoms in total. The van der Waals surface area contributed by atoms with Crippen LogP contribution in [0.25, 0.3) is 0 Å². The average molecular weight is 280 g/mol. The maximum absolute atomic E-state index is 12.4. The molecule has 4 bridgehead atoms. The average Bonchev–Trinajstić information content (AvgIpc) is 2.42. The molecule has 0 saturated heterocycles. The second kappa shape index (κ2) is 6.02. The summed E-state index contributed by atoms with van der Waals surface area (Å²) in [6.07, 6.45) is 6.94. The van der Waals surface area contributed by atoms with Crippen molar-refractivity contribution in [3.05, 3.63) is 0 Å². The lowest BCUT2D eigenvalue weighted by molar-refractivity contribution is -0.140. The minimum atomic E-state index is 0.249. The summed E-state index contributed by atoms with van der Waals surface area (Å²) in [6.45, 7) is 1.86. The summed E-state index contributed by atoms with van der Waals surface area (Å²) in [5.74, 6) is 3.74. The molecule has 1 N–H and O–H groups in total. The normalized spacial score (nSPS) is 38.2. The number of carbonyl (C=O) groups is 1. The van der Waals surface area contributed by atoms with Gasteiger partial charge >= 0.3 is 0 Å². The minimum Gasteiger partial charge on any atom is -0.383 e. The van der Waals surface area contributed by atoms with Gasteiger partial charge in [0.05, 0.1) is 13.2 Å². The first-order chi connectivity index (χ1) is 9.69. The molecular formula is C16H28N2O2. The van der Waals surface area contributed by atoms with Crippen LogP contribution in [0.3, 0.4) is 0 Å². The smallest absolute Gasteiger partial charge is 0.236 e. The molecule has 0 aromatic rings. The molecule has 0 radical (unpaired) electrons. The van der Waals surface area contributed by atoms with Crippen molar-refractivity contribution < 1.29 is 9.53 Å². The Balaban J connectivity index is 1.54. The van der Waals surface area contributed by atoms with Gasteiger partial charge in [-0.3, -0.25) is 4.79 Å². The van der Waals surface area contributed by atoms with Gasteiger partial charge in [-0.25, -0.2) is 0 Å². The van der Waals surface area contributed by atoms with Gasteiger partial charge in [0.25, 0.3) is 0 Å². The molecule has 4 heteroatoms. The third kappa shape index (κ3) is 2.73. The van der Waals surface area contributed by atoms with Crippen molar-refractivity contribution in [3.8, 4) is 0 Å². The molecule has 0 unspecified atom stereocenters. The summed E-state index contributed by atoms with van der Waals surface area (Å²) in [5.41, 5.74) is 0. The Morgan fingerprint density at radius 1 is 1.15 bits per heavy atom. The molecule has 0 aromatic heterocycles. The number of nitrogens with one attached hydrogen (secondary N) is 1. The van der Waals surface area contributed by atoms with E-state index < -0.39 is 0 Å². The molecule has 1 amide bonds. The lowest BCUT2D eigenvalue weighted by Crippen LogP contribution is -2.57. The van der Waals surface area contributed by atoms with Crippen molar-refractivity contribution in [1.82, 2.24) is 10.2 Å². The van der Waals surface area contributed by atoms with Gasteiger partial charge in [0.1, 0.15) is 0 Å². The van der Waals surface area contributed by atoms with Crippen molar-refractivity contribution >= 4 is 5.91 Å². The number of methoxy groups -OCH3 is 1. The van der Waals surface area contributed by atoms with Crippen LogP contribution in [0, 0.1) is 23.7 Å². The molecule has 4 aliphatic rings. The van der Waals surface area contributed by atoms with Crippen molar-refractivity contribution in [3.63, 3.8) is 0 Å². The van der Waals surface area contributed by atoms with Gasteiger partial charge in [-0.2, -0.15) is 0 Å². The summed E-state index contributed by atoms with van der Waals surface area (Å²) in [5, 5.41) is 3.17. The maximum Gasteiger partial charge on any atom is 0.236 e. The molecule has 4 fully saturated rings. The van der Waals surface area contributed by atoms with Crippen LogP contribution >= 0.6 is 0 Å². The highest BCUT2D eigenvalue weighted by Gasteiger charge is 2.50. The number of ether oxygens (including phenoxy) is 1. The Morgan fingerprint density at radius 3 is 2.30 bits per heavy atom. The molecular weight excluding hydrogens is 252 g/mol. The van der Waals surface area contributed by atoms with E-state index in [4.69, 9.17) is 4.74 Å². The number of amides is 1. The third-order valence-electron chi connectivity index (χ3n) is 5.78. The van der Waals surface area contributed by atoms with E-state index in [0.29, 0.717) is 19.2 Å². The molecule has 20 heavy (non-hydrogen) atoms. The fourth-order valence-electron chi connectivity index (χ4n) is 5.19. The lowest BCUT2D eigenvalue weighted by Gasteiger charge is -2.56.